The second-order valence-electron chi connectivity index (χ2n) is 4.85. The number of carbonyl (C=O) groups is 1. The third-order valence-corrected chi connectivity index (χ3v) is 3.58. The van der Waals surface area contributed by atoms with E-state index >= 15 is 0 Å². The fourth-order valence-corrected chi connectivity index (χ4v) is 2.17. The quantitative estimate of drug-likeness (QED) is 0.858. The molecular formula is C17H18FNO2. The number of carbonyl (C=O) groups excluding carboxylic acids is 1. The van der Waals surface area contributed by atoms with E-state index in [-0.39, 0.29) is 17.5 Å². The highest BCUT2D eigenvalue weighted by Gasteiger charge is 2.22. The van der Waals surface area contributed by atoms with Crippen LogP contribution < -0.4 is 4.74 Å². The SMILES string of the molecule is COc1ccc(F)cc1C(=O)N(C)C(C)c1ccccc1. The van der Waals surface area contributed by atoms with E-state index in [0.29, 0.717) is 5.75 Å². The van der Waals surface area contributed by atoms with Gasteiger partial charge in [0.25, 0.3) is 5.91 Å². The zero-order chi connectivity index (χ0) is 15.4. The van der Waals surface area contributed by atoms with E-state index < -0.39 is 5.82 Å². The largest absolute Gasteiger partial charge is 0.496 e. The molecule has 1 atom stereocenters. The molecule has 0 aromatic heterocycles. The summed E-state index contributed by atoms with van der Waals surface area (Å²) in [7, 11) is 3.16. The summed E-state index contributed by atoms with van der Waals surface area (Å²) in [6.45, 7) is 1.93. The van der Waals surface area contributed by atoms with Crippen molar-refractivity contribution in [3.05, 3.63) is 65.5 Å². The molecule has 0 saturated carbocycles. The van der Waals surface area contributed by atoms with Crippen molar-refractivity contribution in [1.29, 1.82) is 0 Å². The number of nitrogens with zero attached hydrogens (tertiary/aromatic N) is 1. The molecule has 0 aliphatic rings. The number of amides is 1. The Hall–Kier alpha value is -2.36. The summed E-state index contributed by atoms with van der Waals surface area (Å²) in [4.78, 5) is 14.1. The van der Waals surface area contributed by atoms with Gasteiger partial charge in [-0.15, -0.1) is 0 Å². The summed E-state index contributed by atoms with van der Waals surface area (Å²) < 4.78 is 18.5. The van der Waals surface area contributed by atoms with Gasteiger partial charge in [-0.25, -0.2) is 4.39 Å². The Labute approximate surface area is 124 Å². The highest BCUT2D eigenvalue weighted by Crippen LogP contribution is 2.25. The van der Waals surface area contributed by atoms with Gasteiger partial charge >= 0.3 is 0 Å². The van der Waals surface area contributed by atoms with Crippen LogP contribution in [0.4, 0.5) is 4.39 Å². The molecule has 3 nitrogen and oxygen atoms in total. The Kier molecular flexibility index (Phi) is 4.58. The molecule has 0 aliphatic carbocycles. The predicted octanol–water partition coefficient (Wildman–Crippen LogP) is 3.67. The molecule has 1 amide bonds. The second-order valence-corrected chi connectivity index (χ2v) is 4.85. The Morgan fingerprint density at radius 2 is 1.86 bits per heavy atom. The van der Waals surface area contributed by atoms with Gasteiger partial charge in [0.05, 0.1) is 18.7 Å². The standard InChI is InChI=1S/C17H18FNO2/c1-12(13-7-5-4-6-8-13)19(2)17(20)15-11-14(18)9-10-16(15)21-3/h4-12H,1-3H3. The summed E-state index contributed by atoms with van der Waals surface area (Å²) in [5.74, 6) is -0.365. The minimum absolute atomic E-state index is 0.119. The summed E-state index contributed by atoms with van der Waals surface area (Å²) in [5.41, 5.74) is 1.24. The Balaban J connectivity index is 2.29. The number of hydrogen-bond donors (Lipinski definition) is 0. The van der Waals surface area contributed by atoms with Crippen LogP contribution in [0.5, 0.6) is 5.75 Å². The van der Waals surface area contributed by atoms with Gasteiger partial charge < -0.3 is 9.64 Å². The third kappa shape index (κ3) is 3.21. The fraction of sp³-hybridized carbons (Fsp3) is 0.235. The van der Waals surface area contributed by atoms with Crippen LogP contribution in [0.3, 0.4) is 0 Å². The van der Waals surface area contributed by atoms with Crippen molar-refractivity contribution in [1.82, 2.24) is 4.90 Å². The maximum Gasteiger partial charge on any atom is 0.257 e. The van der Waals surface area contributed by atoms with E-state index in [0.717, 1.165) is 5.56 Å². The molecule has 0 saturated heterocycles. The van der Waals surface area contributed by atoms with Crippen molar-refractivity contribution in [3.63, 3.8) is 0 Å². The van der Waals surface area contributed by atoms with Gasteiger partial charge in [0.1, 0.15) is 11.6 Å². The van der Waals surface area contributed by atoms with Crippen LogP contribution in [0, 0.1) is 5.82 Å². The first-order valence-electron chi connectivity index (χ1n) is 6.70. The molecule has 0 aliphatic heterocycles. The van der Waals surface area contributed by atoms with E-state index in [1.165, 1.54) is 25.3 Å². The van der Waals surface area contributed by atoms with Gasteiger partial charge in [-0.05, 0) is 30.7 Å². The topological polar surface area (TPSA) is 29.5 Å². The van der Waals surface area contributed by atoms with Crippen molar-refractivity contribution in [2.24, 2.45) is 0 Å². The van der Waals surface area contributed by atoms with Crippen LogP contribution in [0.1, 0.15) is 28.9 Å². The molecule has 0 radical (unpaired) electrons. The lowest BCUT2D eigenvalue weighted by Gasteiger charge is -2.26. The van der Waals surface area contributed by atoms with Crippen molar-refractivity contribution in [2.45, 2.75) is 13.0 Å². The summed E-state index contributed by atoms with van der Waals surface area (Å²) >= 11 is 0. The first kappa shape index (κ1) is 15.0. The average molecular weight is 287 g/mol. The number of methoxy groups -OCH3 is 1. The Morgan fingerprint density at radius 1 is 1.19 bits per heavy atom. The smallest absolute Gasteiger partial charge is 0.257 e. The minimum atomic E-state index is -0.458. The summed E-state index contributed by atoms with van der Waals surface area (Å²) in [6.07, 6.45) is 0. The number of rotatable bonds is 4. The number of halogens is 1. The van der Waals surface area contributed by atoms with Gasteiger partial charge in [-0.1, -0.05) is 30.3 Å². The van der Waals surface area contributed by atoms with Crippen molar-refractivity contribution >= 4 is 5.91 Å². The Bertz CT molecular complexity index is 628. The molecule has 4 heteroatoms. The van der Waals surface area contributed by atoms with Gasteiger partial charge in [-0.2, -0.15) is 0 Å². The lowest BCUT2D eigenvalue weighted by Crippen LogP contribution is -2.30. The van der Waals surface area contributed by atoms with Crippen molar-refractivity contribution in [2.75, 3.05) is 14.2 Å². The van der Waals surface area contributed by atoms with Gasteiger partial charge in [0.15, 0.2) is 0 Å². The first-order valence-corrected chi connectivity index (χ1v) is 6.70. The van der Waals surface area contributed by atoms with Crippen LogP contribution in [-0.2, 0) is 0 Å². The number of hydrogen-bond acceptors (Lipinski definition) is 2. The molecule has 1 unspecified atom stereocenters. The first-order chi connectivity index (χ1) is 10.0. The molecule has 0 spiro atoms. The zero-order valence-corrected chi connectivity index (χ0v) is 12.3. The van der Waals surface area contributed by atoms with Crippen LogP contribution in [0.2, 0.25) is 0 Å². The molecule has 21 heavy (non-hydrogen) atoms. The highest BCUT2D eigenvalue weighted by atomic mass is 19.1. The maximum absolute atomic E-state index is 13.4. The lowest BCUT2D eigenvalue weighted by atomic mass is 10.1. The van der Waals surface area contributed by atoms with Crippen molar-refractivity contribution < 1.29 is 13.9 Å². The van der Waals surface area contributed by atoms with Crippen LogP contribution in [0.25, 0.3) is 0 Å². The summed E-state index contributed by atoms with van der Waals surface area (Å²) in [5, 5.41) is 0. The van der Waals surface area contributed by atoms with Crippen LogP contribution in [0.15, 0.2) is 48.5 Å². The van der Waals surface area contributed by atoms with Gasteiger partial charge in [0.2, 0.25) is 0 Å². The molecule has 0 bridgehead atoms. The normalized spacial score (nSPS) is 11.8. The molecular weight excluding hydrogens is 269 g/mol. The van der Waals surface area contributed by atoms with E-state index in [2.05, 4.69) is 0 Å². The minimum Gasteiger partial charge on any atom is -0.496 e. The molecule has 2 rings (SSSR count). The van der Waals surface area contributed by atoms with Crippen LogP contribution in [-0.4, -0.2) is 25.0 Å². The molecule has 2 aromatic rings. The van der Waals surface area contributed by atoms with E-state index in [9.17, 15) is 9.18 Å². The number of ether oxygens (including phenoxy) is 1. The molecule has 0 fully saturated rings. The second kappa shape index (κ2) is 6.39. The zero-order valence-electron chi connectivity index (χ0n) is 12.3. The third-order valence-electron chi connectivity index (χ3n) is 3.58. The molecule has 0 heterocycles. The average Bonchev–Trinajstić information content (AvgIpc) is 2.53. The fourth-order valence-electron chi connectivity index (χ4n) is 2.17. The predicted molar refractivity (Wildman–Crippen MR) is 79.9 cm³/mol. The lowest BCUT2D eigenvalue weighted by molar-refractivity contribution is 0.0738. The number of benzene rings is 2. The van der Waals surface area contributed by atoms with Gasteiger partial charge in [0, 0.05) is 7.05 Å². The Morgan fingerprint density at radius 3 is 2.48 bits per heavy atom. The highest BCUT2D eigenvalue weighted by molar-refractivity contribution is 5.97. The molecule has 0 N–H and O–H groups in total. The molecule has 2 aromatic carbocycles. The molecule has 110 valence electrons. The summed E-state index contributed by atoms with van der Waals surface area (Å²) in [6, 6.07) is 13.5. The van der Waals surface area contributed by atoms with E-state index in [4.69, 9.17) is 4.74 Å². The van der Waals surface area contributed by atoms with Crippen LogP contribution >= 0.6 is 0 Å². The van der Waals surface area contributed by atoms with E-state index in [1.807, 2.05) is 37.3 Å². The monoisotopic (exact) mass is 287 g/mol. The maximum atomic E-state index is 13.4. The van der Waals surface area contributed by atoms with E-state index in [1.54, 1.807) is 11.9 Å². The van der Waals surface area contributed by atoms with Crippen molar-refractivity contribution in [3.8, 4) is 5.75 Å². The van der Waals surface area contributed by atoms with Gasteiger partial charge in [-0.3, -0.25) is 4.79 Å².